The minimum absolute atomic E-state index is 0.0106. The molecule has 2 aromatic rings. The predicted molar refractivity (Wildman–Crippen MR) is 107 cm³/mol. The maximum Gasteiger partial charge on any atom is 0.325 e. The van der Waals surface area contributed by atoms with E-state index < -0.39 is 17.7 Å². The first-order valence-corrected chi connectivity index (χ1v) is 10.4. The smallest absolute Gasteiger partial charge is 0.325 e. The van der Waals surface area contributed by atoms with E-state index in [1.807, 2.05) is 43.5 Å². The third-order valence-electron chi connectivity index (χ3n) is 5.37. The van der Waals surface area contributed by atoms with Gasteiger partial charge in [0.15, 0.2) is 0 Å². The maximum absolute atomic E-state index is 13.1. The van der Waals surface area contributed by atoms with Crippen LogP contribution in [0.2, 0.25) is 0 Å². The van der Waals surface area contributed by atoms with Crippen LogP contribution >= 0.6 is 11.3 Å². The molecule has 1 aromatic carbocycles. The van der Waals surface area contributed by atoms with Gasteiger partial charge in [0.25, 0.3) is 5.91 Å². The van der Waals surface area contributed by atoms with E-state index in [2.05, 4.69) is 5.32 Å². The number of nitrogens with one attached hydrogen (secondary N) is 1. The Labute approximate surface area is 168 Å². The molecule has 3 amide bonds. The number of amides is 3. The Morgan fingerprint density at radius 2 is 2.04 bits per heavy atom. The van der Waals surface area contributed by atoms with Crippen molar-refractivity contribution in [1.82, 2.24) is 10.2 Å². The molecule has 1 aromatic heterocycles. The molecule has 148 valence electrons. The minimum atomic E-state index is -0.973. The summed E-state index contributed by atoms with van der Waals surface area (Å²) in [6.45, 7) is 3.88. The first kappa shape index (κ1) is 19.0. The van der Waals surface area contributed by atoms with Crippen molar-refractivity contribution in [2.45, 2.75) is 44.8 Å². The van der Waals surface area contributed by atoms with Gasteiger partial charge in [0.2, 0.25) is 0 Å². The van der Waals surface area contributed by atoms with Gasteiger partial charge in [-0.1, -0.05) is 6.07 Å². The van der Waals surface area contributed by atoms with Crippen LogP contribution < -0.4 is 10.1 Å². The van der Waals surface area contributed by atoms with E-state index in [1.165, 1.54) is 0 Å². The van der Waals surface area contributed by atoms with Crippen molar-refractivity contribution in [2.75, 3.05) is 13.2 Å². The fourth-order valence-corrected chi connectivity index (χ4v) is 5.18. The SMILES string of the molecule is Cc1cc(C)cc(OC[C@H](O)CN2C(=O)N[C@@]3(CCCc4sccc43)C2=O)c1. The minimum Gasteiger partial charge on any atom is -0.491 e. The molecule has 1 aliphatic carbocycles. The molecule has 4 rings (SSSR count). The van der Waals surface area contributed by atoms with E-state index in [1.54, 1.807) is 11.3 Å². The number of aryl methyl sites for hydroxylation is 3. The number of urea groups is 1. The quantitative estimate of drug-likeness (QED) is 0.757. The van der Waals surface area contributed by atoms with Gasteiger partial charge in [0.05, 0.1) is 6.54 Å². The number of hydrogen-bond donors (Lipinski definition) is 2. The first-order valence-electron chi connectivity index (χ1n) is 9.49. The topological polar surface area (TPSA) is 78.9 Å². The summed E-state index contributed by atoms with van der Waals surface area (Å²) in [6.07, 6.45) is 1.42. The molecule has 2 aliphatic rings. The third kappa shape index (κ3) is 3.29. The maximum atomic E-state index is 13.1. The molecule has 0 bridgehead atoms. The molecule has 1 saturated heterocycles. The van der Waals surface area contributed by atoms with Crippen molar-refractivity contribution in [3.63, 3.8) is 0 Å². The number of carbonyl (C=O) groups is 2. The molecular weight excluding hydrogens is 376 g/mol. The molecule has 28 heavy (non-hydrogen) atoms. The predicted octanol–water partition coefficient (Wildman–Crippen LogP) is 2.89. The van der Waals surface area contributed by atoms with Gasteiger partial charge in [-0.3, -0.25) is 9.69 Å². The van der Waals surface area contributed by atoms with E-state index >= 15 is 0 Å². The Kier molecular flexibility index (Phi) is 4.89. The van der Waals surface area contributed by atoms with Crippen molar-refractivity contribution < 1.29 is 19.4 Å². The van der Waals surface area contributed by atoms with E-state index in [0.717, 1.165) is 39.3 Å². The van der Waals surface area contributed by atoms with Crippen LogP contribution in [0.1, 0.15) is 34.4 Å². The van der Waals surface area contributed by atoms with Gasteiger partial charge < -0.3 is 15.2 Å². The lowest BCUT2D eigenvalue weighted by molar-refractivity contribution is -0.133. The van der Waals surface area contributed by atoms with Crippen LogP contribution in [0, 0.1) is 13.8 Å². The van der Waals surface area contributed by atoms with Crippen molar-refractivity contribution >= 4 is 23.3 Å². The fourth-order valence-electron chi connectivity index (χ4n) is 4.18. The van der Waals surface area contributed by atoms with E-state index in [9.17, 15) is 14.7 Å². The number of fused-ring (bicyclic) bond motifs is 2. The number of hydrogen-bond acceptors (Lipinski definition) is 5. The summed E-state index contributed by atoms with van der Waals surface area (Å²) in [5.74, 6) is 0.391. The molecule has 0 saturated carbocycles. The van der Waals surface area contributed by atoms with Crippen LogP contribution in [0.4, 0.5) is 4.79 Å². The molecule has 2 heterocycles. The van der Waals surface area contributed by atoms with E-state index in [-0.39, 0.29) is 19.1 Å². The van der Waals surface area contributed by atoms with Gasteiger partial charge in [-0.05, 0) is 67.8 Å². The highest BCUT2D eigenvalue weighted by Gasteiger charge is 2.54. The summed E-state index contributed by atoms with van der Waals surface area (Å²) in [5, 5.41) is 15.3. The lowest BCUT2D eigenvalue weighted by atomic mass is 9.80. The van der Waals surface area contributed by atoms with Crippen molar-refractivity contribution in [3.8, 4) is 5.75 Å². The Morgan fingerprint density at radius 1 is 1.29 bits per heavy atom. The highest BCUT2D eigenvalue weighted by molar-refractivity contribution is 7.10. The second-order valence-corrected chi connectivity index (χ2v) is 8.65. The lowest BCUT2D eigenvalue weighted by Gasteiger charge is -2.31. The van der Waals surface area contributed by atoms with Crippen LogP contribution in [0.5, 0.6) is 5.75 Å². The first-order chi connectivity index (χ1) is 13.4. The highest BCUT2D eigenvalue weighted by Crippen LogP contribution is 2.42. The molecule has 1 fully saturated rings. The highest BCUT2D eigenvalue weighted by atomic mass is 32.1. The number of rotatable bonds is 5. The van der Waals surface area contributed by atoms with Gasteiger partial charge in [-0.15, -0.1) is 11.3 Å². The number of β-amino-alcohol motifs (C(OH)–C–C–N with tert-alkyl or cyclic N) is 1. The molecule has 6 nitrogen and oxygen atoms in total. The number of carbonyl (C=O) groups excluding carboxylic acids is 2. The number of nitrogens with zero attached hydrogens (tertiary/aromatic N) is 1. The standard InChI is InChI=1S/C21H24N2O4S/c1-13-8-14(2)10-16(9-13)27-12-15(24)11-23-19(25)21(22-20(23)26)6-3-4-18-17(21)5-7-28-18/h5,7-10,15,24H,3-4,6,11-12H2,1-2H3,(H,22,26)/t15-,21-/m1/s1. The molecule has 7 heteroatoms. The van der Waals surface area contributed by atoms with Gasteiger partial charge in [-0.25, -0.2) is 4.79 Å². The zero-order chi connectivity index (χ0) is 19.9. The number of thiophene rings is 1. The van der Waals surface area contributed by atoms with Crippen LogP contribution in [0.3, 0.4) is 0 Å². The van der Waals surface area contributed by atoms with Crippen LogP contribution in [-0.4, -0.2) is 41.2 Å². The van der Waals surface area contributed by atoms with E-state index in [0.29, 0.717) is 12.2 Å². The molecule has 0 unspecified atom stereocenters. The number of aliphatic hydroxyl groups excluding tert-OH is 1. The summed E-state index contributed by atoms with van der Waals surface area (Å²) in [4.78, 5) is 28.0. The molecule has 1 spiro atoms. The van der Waals surface area contributed by atoms with Crippen molar-refractivity contribution in [1.29, 1.82) is 0 Å². The molecule has 1 aliphatic heterocycles. The molecule has 2 N–H and O–H groups in total. The number of imide groups is 1. The van der Waals surface area contributed by atoms with E-state index in [4.69, 9.17) is 4.74 Å². The second kappa shape index (κ2) is 7.22. The molecule has 2 atom stereocenters. The van der Waals surface area contributed by atoms with Crippen LogP contribution in [0.25, 0.3) is 0 Å². The second-order valence-electron chi connectivity index (χ2n) is 7.65. The number of benzene rings is 1. The zero-order valence-corrected chi connectivity index (χ0v) is 16.8. The van der Waals surface area contributed by atoms with Crippen LogP contribution in [0.15, 0.2) is 29.6 Å². The summed E-state index contributed by atoms with van der Waals surface area (Å²) in [6, 6.07) is 7.30. The monoisotopic (exact) mass is 400 g/mol. The summed E-state index contributed by atoms with van der Waals surface area (Å²) < 4.78 is 5.67. The fraction of sp³-hybridized carbons (Fsp3) is 0.429. The van der Waals surface area contributed by atoms with Gasteiger partial charge in [0.1, 0.15) is 24.0 Å². The summed E-state index contributed by atoms with van der Waals surface area (Å²) in [7, 11) is 0. The lowest BCUT2D eigenvalue weighted by Crippen LogP contribution is -2.46. The number of ether oxygens (including phenoxy) is 1. The third-order valence-corrected chi connectivity index (χ3v) is 6.35. The molecule has 0 radical (unpaired) electrons. The largest absolute Gasteiger partial charge is 0.491 e. The Bertz CT molecular complexity index is 905. The normalized spacial score (nSPS) is 22.3. The average Bonchev–Trinajstić information content (AvgIpc) is 3.20. The van der Waals surface area contributed by atoms with Gasteiger partial charge in [0, 0.05) is 10.4 Å². The van der Waals surface area contributed by atoms with Crippen molar-refractivity contribution in [3.05, 3.63) is 51.2 Å². The zero-order valence-electron chi connectivity index (χ0n) is 16.0. The summed E-state index contributed by atoms with van der Waals surface area (Å²) in [5.41, 5.74) is 2.08. The Balaban J connectivity index is 1.44. The van der Waals surface area contributed by atoms with Gasteiger partial charge in [-0.2, -0.15) is 0 Å². The molecular formula is C21H24N2O4S. The van der Waals surface area contributed by atoms with Crippen molar-refractivity contribution in [2.24, 2.45) is 0 Å². The number of aliphatic hydroxyl groups is 1. The average molecular weight is 401 g/mol. The summed E-state index contributed by atoms with van der Waals surface area (Å²) >= 11 is 1.62. The van der Waals surface area contributed by atoms with Crippen LogP contribution in [-0.2, 0) is 16.8 Å². The van der Waals surface area contributed by atoms with Gasteiger partial charge >= 0.3 is 6.03 Å². The Hall–Kier alpha value is -2.38. The Morgan fingerprint density at radius 3 is 2.79 bits per heavy atom.